The van der Waals surface area contributed by atoms with Gasteiger partial charge in [-0.1, -0.05) is 12.1 Å². The fraction of sp³-hybridized carbons (Fsp3) is 0.414. The molecule has 0 N–H and O–H groups in total. The number of alkyl halides is 3. The maximum Gasteiger partial charge on any atom is 0.435 e. The minimum absolute atomic E-state index is 0.0299. The molecule has 0 unspecified atom stereocenters. The number of amides is 2. The quantitative estimate of drug-likeness (QED) is 0.436. The van der Waals surface area contributed by atoms with Crippen LogP contribution in [0.5, 0.6) is 5.75 Å². The van der Waals surface area contributed by atoms with Crippen LogP contribution in [0.4, 0.5) is 18.9 Å². The van der Waals surface area contributed by atoms with Gasteiger partial charge in [0.05, 0.1) is 12.8 Å². The molecule has 2 aliphatic heterocycles. The van der Waals surface area contributed by atoms with E-state index in [0.29, 0.717) is 23.5 Å². The van der Waals surface area contributed by atoms with Crippen LogP contribution in [0.3, 0.4) is 0 Å². The van der Waals surface area contributed by atoms with Gasteiger partial charge in [-0.2, -0.15) is 18.3 Å². The third-order valence-electron chi connectivity index (χ3n) is 8.20. The van der Waals surface area contributed by atoms with E-state index in [2.05, 4.69) is 5.10 Å². The fourth-order valence-electron chi connectivity index (χ4n) is 5.83. The molecule has 0 atom stereocenters. The summed E-state index contributed by atoms with van der Waals surface area (Å²) < 4.78 is 47.9. The predicted octanol–water partition coefficient (Wildman–Crippen LogP) is 5.15. The molecule has 3 aromatic rings. The molecule has 6 rings (SSSR count). The second-order valence-corrected chi connectivity index (χ2v) is 10.6. The molecule has 3 aliphatic rings. The van der Waals surface area contributed by atoms with Crippen molar-refractivity contribution >= 4 is 17.5 Å². The Bertz CT molecular complexity index is 1400. The summed E-state index contributed by atoms with van der Waals surface area (Å²) in [5, 5.41) is 3.85. The zero-order valence-electron chi connectivity index (χ0n) is 21.6. The molecule has 204 valence electrons. The number of hydrogen-bond acceptors (Lipinski definition) is 4. The van der Waals surface area contributed by atoms with Crippen molar-refractivity contribution in [2.75, 3.05) is 31.6 Å². The van der Waals surface area contributed by atoms with Crippen LogP contribution in [0.15, 0.2) is 48.5 Å². The zero-order valence-corrected chi connectivity index (χ0v) is 21.6. The van der Waals surface area contributed by atoms with Crippen LogP contribution in [0.1, 0.15) is 59.4 Å². The smallest absolute Gasteiger partial charge is 0.435 e. The first-order valence-electron chi connectivity index (χ1n) is 13.2. The number of rotatable bonds is 6. The van der Waals surface area contributed by atoms with Gasteiger partial charge in [-0.3, -0.25) is 9.59 Å². The normalized spacial score (nSPS) is 18.3. The van der Waals surface area contributed by atoms with Crippen molar-refractivity contribution in [1.82, 2.24) is 14.7 Å². The van der Waals surface area contributed by atoms with E-state index in [0.717, 1.165) is 49.0 Å². The molecule has 1 aromatic heterocycles. The number of methoxy groups -OCH3 is 1. The van der Waals surface area contributed by atoms with Gasteiger partial charge >= 0.3 is 6.18 Å². The van der Waals surface area contributed by atoms with E-state index in [9.17, 15) is 22.8 Å². The van der Waals surface area contributed by atoms with Crippen molar-refractivity contribution in [3.63, 3.8) is 0 Å². The lowest BCUT2D eigenvalue weighted by Crippen LogP contribution is -2.39. The van der Waals surface area contributed by atoms with Gasteiger partial charge in [-0.15, -0.1) is 0 Å². The highest BCUT2D eigenvalue weighted by Crippen LogP contribution is 2.51. The van der Waals surface area contributed by atoms with Gasteiger partial charge in [-0.05, 0) is 74.1 Å². The van der Waals surface area contributed by atoms with Crippen LogP contribution in [-0.4, -0.2) is 53.2 Å². The van der Waals surface area contributed by atoms with Gasteiger partial charge in [-0.25, -0.2) is 4.68 Å². The average molecular weight is 539 g/mol. The molecule has 0 bridgehead atoms. The van der Waals surface area contributed by atoms with Gasteiger partial charge in [0.15, 0.2) is 5.69 Å². The highest BCUT2D eigenvalue weighted by atomic mass is 19.4. The highest BCUT2D eigenvalue weighted by Gasteiger charge is 2.47. The van der Waals surface area contributed by atoms with Crippen LogP contribution >= 0.6 is 0 Å². The first kappa shape index (κ1) is 25.5. The third-order valence-corrected chi connectivity index (χ3v) is 8.20. The summed E-state index contributed by atoms with van der Waals surface area (Å²) in [5.74, 6) is 0.202. The van der Waals surface area contributed by atoms with E-state index in [-0.39, 0.29) is 35.5 Å². The number of benzene rings is 2. The number of likely N-dealkylation sites (tertiary alicyclic amines) is 1. The Balaban J connectivity index is 1.28. The minimum atomic E-state index is -4.68. The number of halogens is 3. The van der Waals surface area contributed by atoms with Crippen molar-refractivity contribution < 1.29 is 27.5 Å². The van der Waals surface area contributed by atoms with Crippen LogP contribution in [-0.2, 0) is 22.8 Å². The summed E-state index contributed by atoms with van der Waals surface area (Å²) in [6.07, 6.45) is -0.168. The molecule has 0 spiro atoms. The molecule has 1 aliphatic carbocycles. The van der Waals surface area contributed by atoms with E-state index in [1.165, 1.54) is 12.0 Å². The standard InChI is InChI=1S/C29H29F3N4O3/c1-39-22-10-8-21(9-11-22)36-25-23(26(33-36)29(30,31)32)12-17-35(27(25)38)20-6-4-19(5-7-20)28(13-14-28)18-24(37)34-15-2-3-16-34/h4-11H,2-3,12-18H2,1H3. The maximum absolute atomic E-state index is 13.9. The maximum atomic E-state index is 13.9. The summed E-state index contributed by atoms with van der Waals surface area (Å²) in [7, 11) is 1.50. The van der Waals surface area contributed by atoms with E-state index in [1.54, 1.807) is 24.3 Å². The van der Waals surface area contributed by atoms with Gasteiger partial charge in [0.1, 0.15) is 11.4 Å². The molecule has 0 radical (unpaired) electrons. The Morgan fingerprint density at radius 1 is 0.974 bits per heavy atom. The van der Waals surface area contributed by atoms with Gasteiger partial charge in [0.25, 0.3) is 5.91 Å². The number of anilines is 1. The molecule has 3 heterocycles. The van der Waals surface area contributed by atoms with Crippen molar-refractivity contribution in [2.24, 2.45) is 0 Å². The van der Waals surface area contributed by atoms with E-state index in [4.69, 9.17) is 4.74 Å². The fourth-order valence-corrected chi connectivity index (χ4v) is 5.83. The predicted molar refractivity (Wildman–Crippen MR) is 138 cm³/mol. The Morgan fingerprint density at radius 3 is 2.21 bits per heavy atom. The first-order chi connectivity index (χ1) is 18.7. The minimum Gasteiger partial charge on any atom is -0.497 e. The second-order valence-electron chi connectivity index (χ2n) is 10.6. The summed E-state index contributed by atoms with van der Waals surface area (Å²) >= 11 is 0. The van der Waals surface area contributed by atoms with Gasteiger partial charge in [0, 0.05) is 42.7 Å². The number of ether oxygens (including phenoxy) is 1. The molecular formula is C29H29F3N4O3. The molecule has 10 heteroatoms. The van der Waals surface area contributed by atoms with Crippen molar-refractivity contribution in [1.29, 1.82) is 0 Å². The first-order valence-corrected chi connectivity index (χ1v) is 13.2. The van der Waals surface area contributed by atoms with E-state index in [1.807, 2.05) is 29.2 Å². The summed E-state index contributed by atoms with van der Waals surface area (Å²) in [5.41, 5.74) is 0.637. The number of carbonyl (C=O) groups excluding carboxylic acids is 2. The SMILES string of the molecule is COc1ccc(-n2nc(C(F)(F)F)c3c2C(=O)N(c2ccc(C4(CC(=O)N5CCCC5)CC4)cc2)CC3)cc1. The van der Waals surface area contributed by atoms with Gasteiger partial charge in [0.2, 0.25) is 5.91 Å². The zero-order chi connectivity index (χ0) is 27.4. The van der Waals surface area contributed by atoms with E-state index < -0.39 is 17.8 Å². The summed E-state index contributed by atoms with van der Waals surface area (Å²) in [6.45, 7) is 1.77. The Morgan fingerprint density at radius 2 is 1.62 bits per heavy atom. The average Bonchev–Trinajstić information content (AvgIpc) is 3.32. The Kier molecular flexibility index (Phi) is 6.15. The van der Waals surface area contributed by atoms with Crippen molar-refractivity contribution in [2.45, 2.75) is 50.1 Å². The number of nitrogens with zero attached hydrogens (tertiary/aromatic N) is 4. The van der Waals surface area contributed by atoms with E-state index >= 15 is 0 Å². The lowest BCUT2D eigenvalue weighted by atomic mass is 9.91. The molecule has 1 saturated heterocycles. The molecule has 2 fully saturated rings. The van der Waals surface area contributed by atoms with Crippen molar-refractivity contribution in [3.8, 4) is 11.4 Å². The molecule has 39 heavy (non-hydrogen) atoms. The highest BCUT2D eigenvalue weighted by molar-refractivity contribution is 6.07. The molecular weight excluding hydrogens is 509 g/mol. The molecule has 7 nitrogen and oxygen atoms in total. The topological polar surface area (TPSA) is 67.7 Å². The number of aromatic nitrogens is 2. The Hall–Kier alpha value is -3.82. The molecule has 2 aromatic carbocycles. The van der Waals surface area contributed by atoms with Crippen LogP contribution < -0.4 is 9.64 Å². The summed E-state index contributed by atoms with van der Waals surface area (Å²) in [4.78, 5) is 29.9. The van der Waals surface area contributed by atoms with Crippen LogP contribution in [0, 0.1) is 0 Å². The lowest BCUT2D eigenvalue weighted by molar-refractivity contribution is -0.142. The monoisotopic (exact) mass is 538 g/mol. The van der Waals surface area contributed by atoms with Crippen LogP contribution in [0.2, 0.25) is 0 Å². The Labute approximate surface area is 224 Å². The number of hydrogen-bond donors (Lipinski definition) is 0. The number of carbonyl (C=O) groups is 2. The third kappa shape index (κ3) is 4.55. The largest absolute Gasteiger partial charge is 0.497 e. The molecule has 1 saturated carbocycles. The van der Waals surface area contributed by atoms with Gasteiger partial charge < -0.3 is 14.5 Å². The molecule has 2 amide bonds. The summed E-state index contributed by atoms with van der Waals surface area (Å²) in [6, 6.07) is 13.9. The second kappa shape index (κ2) is 9.43. The van der Waals surface area contributed by atoms with Crippen LogP contribution in [0.25, 0.3) is 5.69 Å². The van der Waals surface area contributed by atoms with Crippen molar-refractivity contribution in [3.05, 3.63) is 71.0 Å². The lowest BCUT2D eigenvalue weighted by Gasteiger charge is -2.28. The number of fused-ring (bicyclic) bond motifs is 1.